The lowest BCUT2D eigenvalue weighted by Crippen LogP contribution is -1.94. The van der Waals surface area contributed by atoms with Gasteiger partial charge in [0.2, 0.25) is 0 Å². The molecule has 0 spiro atoms. The standard InChI is InChI=1S/C8H11NOS/c1-4-7(10)8-9-5(2)6(3)11-8/h4H2,1-3H3. The van der Waals surface area contributed by atoms with E-state index in [0.29, 0.717) is 11.4 Å². The molecule has 0 amide bonds. The van der Waals surface area contributed by atoms with Crippen LogP contribution in [0, 0.1) is 13.8 Å². The molecule has 0 radical (unpaired) electrons. The molecular formula is C8H11NOS. The Kier molecular flexibility index (Phi) is 2.39. The third-order valence-electron chi connectivity index (χ3n) is 1.59. The van der Waals surface area contributed by atoms with Crippen LogP contribution in [0.25, 0.3) is 0 Å². The lowest BCUT2D eigenvalue weighted by Gasteiger charge is -1.85. The minimum absolute atomic E-state index is 0.145. The van der Waals surface area contributed by atoms with Crippen molar-refractivity contribution < 1.29 is 4.79 Å². The molecule has 1 heterocycles. The van der Waals surface area contributed by atoms with Gasteiger partial charge in [-0.15, -0.1) is 11.3 Å². The second kappa shape index (κ2) is 3.13. The number of hydrogen-bond donors (Lipinski definition) is 0. The van der Waals surface area contributed by atoms with Crippen LogP contribution in [0.4, 0.5) is 0 Å². The molecule has 2 nitrogen and oxygen atoms in total. The molecule has 0 atom stereocenters. The number of rotatable bonds is 2. The summed E-state index contributed by atoms with van der Waals surface area (Å²) < 4.78 is 0. The van der Waals surface area contributed by atoms with Gasteiger partial charge in [0.1, 0.15) is 0 Å². The van der Waals surface area contributed by atoms with Crippen LogP contribution in [0.5, 0.6) is 0 Å². The van der Waals surface area contributed by atoms with Crippen LogP contribution in [-0.2, 0) is 0 Å². The van der Waals surface area contributed by atoms with Crippen LogP contribution < -0.4 is 0 Å². The zero-order valence-corrected chi connectivity index (χ0v) is 7.79. The number of nitrogens with zero attached hydrogens (tertiary/aromatic N) is 1. The molecule has 0 aliphatic heterocycles. The molecule has 11 heavy (non-hydrogen) atoms. The molecule has 60 valence electrons. The van der Waals surface area contributed by atoms with E-state index in [0.717, 1.165) is 10.6 Å². The predicted octanol–water partition coefficient (Wildman–Crippen LogP) is 2.35. The number of thiazole rings is 1. The van der Waals surface area contributed by atoms with E-state index in [2.05, 4.69) is 4.98 Å². The highest BCUT2D eigenvalue weighted by Crippen LogP contribution is 2.17. The average molecular weight is 169 g/mol. The van der Waals surface area contributed by atoms with Crippen molar-refractivity contribution in [1.29, 1.82) is 0 Å². The SMILES string of the molecule is CCC(=O)c1nc(C)c(C)s1. The molecule has 0 aromatic carbocycles. The van der Waals surface area contributed by atoms with Gasteiger partial charge in [-0.1, -0.05) is 6.92 Å². The van der Waals surface area contributed by atoms with Crippen LogP contribution in [-0.4, -0.2) is 10.8 Å². The highest BCUT2D eigenvalue weighted by Gasteiger charge is 2.09. The first-order valence-electron chi connectivity index (χ1n) is 3.62. The Morgan fingerprint density at radius 3 is 2.55 bits per heavy atom. The summed E-state index contributed by atoms with van der Waals surface area (Å²) in [6.45, 7) is 5.77. The van der Waals surface area contributed by atoms with Gasteiger partial charge in [0, 0.05) is 11.3 Å². The number of carbonyl (C=O) groups excluding carboxylic acids is 1. The number of ketones is 1. The van der Waals surface area contributed by atoms with Gasteiger partial charge in [0.15, 0.2) is 10.8 Å². The molecule has 1 aromatic heterocycles. The van der Waals surface area contributed by atoms with E-state index in [1.54, 1.807) is 0 Å². The number of aromatic nitrogens is 1. The maximum atomic E-state index is 11.1. The third-order valence-corrected chi connectivity index (χ3v) is 2.70. The molecule has 1 rings (SSSR count). The lowest BCUT2D eigenvalue weighted by molar-refractivity contribution is 0.0987. The molecule has 3 heteroatoms. The number of Topliss-reactive ketones (excluding diaryl/α,β-unsaturated/α-hetero) is 1. The van der Waals surface area contributed by atoms with Crippen molar-refractivity contribution in [1.82, 2.24) is 4.98 Å². The first-order valence-corrected chi connectivity index (χ1v) is 4.44. The zero-order chi connectivity index (χ0) is 8.43. The minimum Gasteiger partial charge on any atom is -0.292 e. The van der Waals surface area contributed by atoms with Crippen molar-refractivity contribution >= 4 is 17.1 Å². The Bertz CT molecular complexity index is 258. The summed E-state index contributed by atoms with van der Waals surface area (Å²) in [5.41, 5.74) is 0.979. The van der Waals surface area contributed by atoms with Crippen molar-refractivity contribution in [2.75, 3.05) is 0 Å². The fourth-order valence-electron chi connectivity index (χ4n) is 0.743. The Balaban J connectivity index is 2.97. The second-order valence-electron chi connectivity index (χ2n) is 2.44. The summed E-state index contributed by atoms with van der Waals surface area (Å²) in [7, 11) is 0. The first-order chi connectivity index (χ1) is 5.15. The van der Waals surface area contributed by atoms with Crippen molar-refractivity contribution in [3.05, 3.63) is 15.6 Å². The topological polar surface area (TPSA) is 30.0 Å². The summed E-state index contributed by atoms with van der Waals surface area (Å²) in [5.74, 6) is 0.145. The maximum Gasteiger partial charge on any atom is 0.191 e. The summed E-state index contributed by atoms with van der Waals surface area (Å²) in [4.78, 5) is 16.4. The Morgan fingerprint density at radius 1 is 1.55 bits per heavy atom. The van der Waals surface area contributed by atoms with Crippen molar-refractivity contribution in [2.24, 2.45) is 0 Å². The summed E-state index contributed by atoms with van der Waals surface area (Å²) in [5, 5.41) is 0.655. The Labute approximate surface area is 70.3 Å². The van der Waals surface area contributed by atoms with Gasteiger partial charge in [0.05, 0.1) is 5.69 Å². The van der Waals surface area contributed by atoms with E-state index in [1.165, 1.54) is 11.3 Å². The molecule has 0 fully saturated rings. The molecule has 0 aliphatic carbocycles. The molecular weight excluding hydrogens is 158 g/mol. The van der Waals surface area contributed by atoms with E-state index in [4.69, 9.17) is 0 Å². The summed E-state index contributed by atoms with van der Waals surface area (Å²) in [6, 6.07) is 0. The van der Waals surface area contributed by atoms with Gasteiger partial charge in [-0.25, -0.2) is 4.98 Å². The van der Waals surface area contributed by atoms with Gasteiger partial charge in [-0.2, -0.15) is 0 Å². The van der Waals surface area contributed by atoms with E-state index >= 15 is 0 Å². The normalized spacial score (nSPS) is 10.1. The maximum absolute atomic E-state index is 11.1. The quantitative estimate of drug-likeness (QED) is 0.636. The molecule has 1 aromatic rings. The zero-order valence-electron chi connectivity index (χ0n) is 6.97. The minimum atomic E-state index is 0.145. The summed E-state index contributed by atoms with van der Waals surface area (Å²) >= 11 is 1.49. The van der Waals surface area contributed by atoms with Gasteiger partial charge in [-0.3, -0.25) is 4.79 Å². The van der Waals surface area contributed by atoms with Crippen LogP contribution in [0.2, 0.25) is 0 Å². The second-order valence-corrected chi connectivity index (χ2v) is 3.64. The van der Waals surface area contributed by atoms with E-state index < -0.39 is 0 Å². The van der Waals surface area contributed by atoms with E-state index in [1.807, 2.05) is 20.8 Å². The Hall–Kier alpha value is -0.700. The monoisotopic (exact) mass is 169 g/mol. The van der Waals surface area contributed by atoms with Crippen LogP contribution in [0.1, 0.15) is 33.7 Å². The van der Waals surface area contributed by atoms with Crippen LogP contribution >= 0.6 is 11.3 Å². The largest absolute Gasteiger partial charge is 0.292 e. The molecule has 0 saturated carbocycles. The van der Waals surface area contributed by atoms with Crippen molar-refractivity contribution in [3.63, 3.8) is 0 Å². The van der Waals surface area contributed by atoms with Crippen molar-refractivity contribution in [3.8, 4) is 0 Å². The molecule has 0 unspecified atom stereocenters. The first kappa shape index (κ1) is 8.40. The van der Waals surface area contributed by atoms with Gasteiger partial charge < -0.3 is 0 Å². The fourth-order valence-corrected chi connectivity index (χ4v) is 1.67. The fraction of sp³-hybridized carbons (Fsp3) is 0.500. The number of carbonyl (C=O) groups is 1. The summed E-state index contributed by atoms with van der Waals surface area (Å²) in [6.07, 6.45) is 0.548. The highest BCUT2D eigenvalue weighted by atomic mass is 32.1. The van der Waals surface area contributed by atoms with E-state index in [-0.39, 0.29) is 5.78 Å². The highest BCUT2D eigenvalue weighted by molar-refractivity contribution is 7.13. The predicted molar refractivity (Wildman–Crippen MR) is 46.2 cm³/mol. The van der Waals surface area contributed by atoms with Gasteiger partial charge >= 0.3 is 0 Å². The van der Waals surface area contributed by atoms with Gasteiger partial charge in [0.25, 0.3) is 0 Å². The number of aryl methyl sites for hydroxylation is 2. The molecule has 0 aliphatic rings. The molecule has 0 saturated heterocycles. The number of hydrogen-bond acceptors (Lipinski definition) is 3. The third kappa shape index (κ3) is 1.66. The van der Waals surface area contributed by atoms with Crippen LogP contribution in [0.3, 0.4) is 0 Å². The smallest absolute Gasteiger partial charge is 0.191 e. The molecule has 0 bridgehead atoms. The van der Waals surface area contributed by atoms with Gasteiger partial charge in [-0.05, 0) is 13.8 Å². The van der Waals surface area contributed by atoms with E-state index in [9.17, 15) is 4.79 Å². The average Bonchev–Trinajstić information content (AvgIpc) is 2.31. The van der Waals surface area contributed by atoms with Crippen LogP contribution in [0.15, 0.2) is 0 Å². The Morgan fingerprint density at radius 2 is 2.18 bits per heavy atom. The lowest BCUT2D eigenvalue weighted by atomic mass is 10.3. The molecule has 0 N–H and O–H groups in total. The van der Waals surface area contributed by atoms with Crippen molar-refractivity contribution in [2.45, 2.75) is 27.2 Å².